The molecule has 0 unspecified atom stereocenters. The Balaban J connectivity index is 2.17. The lowest BCUT2D eigenvalue weighted by molar-refractivity contribution is 0.933. The molecular weight excluding hydrogens is 258 g/mol. The van der Waals surface area contributed by atoms with Crippen LogP contribution in [0.25, 0.3) is 38.1 Å². The molecule has 0 amide bonds. The molecule has 0 radical (unpaired) electrons. The van der Waals surface area contributed by atoms with Gasteiger partial charge in [-0.1, -0.05) is 6.07 Å². The van der Waals surface area contributed by atoms with Crippen molar-refractivity contribution >= 4 is 38.1 Å². The molecule has 5 rings (SSSR count). The molecule has 21 heavy (non-hydrogen) atoms. The van der Waals surface area contributed by atoms with Crippen LogP contribution in [-0.2, 0) is 7.05 Å². The highest BCUT2D eigenvalue weighted by atomic mass is 14.9. The molecule has 0 spiro atoms. The van der Waals surface area contributed by atoms with Crippen LogP contribution in [-0.4, -0.2) is 14.0 Å². The number of hydrogen-bond acceptors (Lipinski definition) is 1. The molecule has 3 nitrogen and oxygen atoms in total. The van der Waals surface area contributed by atoms with Gasteiger partial charge in [0.05, 0.1) is 16.6 Å². The normalized spacial score (nSPS) is 12.0. The predicted molar refractivity (Wildman–Crippen MR) is 86.7 cm³/mol. The van der Waals surface area contributed by atoms with Crippen LogP contribution < -0.4 is 0 Å². The third-order valence-electron chi connectivity index (χ3n) is 4.24. The minimum Gasteiger partial charge on any atom is -0.356 e. The van der Waals surface area contributed by atoms with Gasteiger partial charge in [0, 0.05) is 53.4 Å². The molecule has 0 aliphatic heterocycles. The first kappa shape index (κ1) is 10.9. The fourth-order valence-corrected chi connectivity index (χ4v) is 3.35. The first-order valence-corrected chi connectivity index (χ1v) is 7.04. The van der Waals surface area contributed by atoms with Crippen molar-refractivity contribution in [2.24, 2.45) is 7.05 Å². The van der Waals surface area contributed by atoms with Crippen molar-refractivity contribution in [3.63, 3.8) is 0 Å². The van der Waals surface area contributed by atoms with E-state index < -0.39 is 0 Å². The molecule has 0 saturated heterocycles. The zero-order valence-corrected chi connectivity index (χ0v) is 11.6. The fourth-order valence-electron chi connectivity index (χ4n) is 3.35. The van der Waals surface area contributed by atoms with Gasteiger partial charge in [-0.2, -0.15) is 0 Å². The summed E-state index contributed by atoms with van der Waals surface area (Å²) in [6.07, 6.45) is 8.30. The van der Waals surface area contributed by atoms with Crippen LogP contribution in [0.1, 0.15) is 0 Å². The van der Waals surface area contributed by atoms with E-state index in [9.17, 15) is 0 Å². The van der Waals surface area contributed by atoms with Crippen LogP contribution >= 0.6 is 0 Å². The summed E-state index contributed by atoms with van der Waals surface area (Å²) in [7, 11) is 2.07. The first-order valence-electron chi connectivity index (χ1n) is 7.04. The van der Waals surface area contributed by atoms with E-state index in [-0.39, 0.29) is 0 Å². The van der Waals surface area contributed by atoms with Gasteiger partial charge < -0.3 is 8.97 Å². The molecule has 0 atom stereocenters. The van der Waals surface area contributed by atoms with Crippen molar-refractivity contribution in [2.75, 3.05) is 0 Å². The van der Waals surface area contributed by atoms with Crippen molar-refractivity contribution in [3.05, 3.63) is 61.2 Å². The Labute approximate surface area is 121 Å². The van der Waals surface area contributed by atoms with Crippen LogP contribution in [0, 0.1) is 0 Å². The summed E-state index contributed by atoms with van der Waals surface area (Å²) in [4.78, 5) is 4.59. The summed E-state index contributed by atoms with van der Waals surface area (Å²) in [5.41, 5.74) is 3.45. The molecule has 3 heteroatoms. The highest BCUT2D eigenvalue weighted by Gasteiger charge is 2.10. The van der Waals surface area contributed by atoms with Gasteiger partial charge in [-0.3, -0.25) is 4.98 Å². The zero-order chi connectivity index (χ0) is 14.0. The molecular formula is C18H13N3. The third kappa shape index (κ3) is 1.35. The molecule has 100 valence electrons. The SMILES string of the molecule is Cn1cc2cc3c4cccnc4c4cccn4c3cc2c1. The molecule has 0 bridgehead atoms. The monoisotopic (exact) mass is 271 g/mol. The maximum atomic E-state index is 4.59. The van der Waals surface area contributed by atoms with E-state index >= 15 is 0 Å². The number of hydrogen-bond donors (Lipinski definition) is 0. The summed E-state index contributed by atoms with van der Waals surface area (Å²) in [5, 5.41) is 5.00. The summed E-state index contributed by atoms with van der Waals surface area (Å²) in [6, 6.07) is 12.9. The van der Waals surface area contributed by atoms with Crippen molar-refractivity contribution < 1.29 is 0 Å². The Morgan fingerprint density at radius 2 is 1.76 bits per heavy atom. The number of aryl methyl sites for hydroxylation is 1. The molecule has 1 aromatic carbocycles. The largest absolute Gasteiger partial charge is 0.356 e. The standard InChI is InChI=1S/C18H13N3/c1-20-10-12-8-15-14-4-2-6-19-18(14)16-5-3-7-21(16)17(15)9-13(12)11-20/h2-11H,1H3. The second-order valence-corrected chi connectivity index (χ2v) is 5.58. The van der Waals surface area contributed by atoms with Gasteiger partial charge >= 0.3 is 0 Å². The van der Waals surface area contributed by atoms with Gasteiger partial charge in [-0.05, 0) is 30.3 Å². The van der Waals surface area contributed by atoms with Gasteiger partial charge in [0.25, 0.3) is 0 Å². The molecule has 5 aromatic rings. The van der Waals surface area contributed by atoms with Gasteiger partial charge in [0.1, 0.15) is 0 Å². The number of nitrogens with zero attached hydrogens (tertiary/aromatic N) is 3. The van der Waals surface area contributed by atoms with Crippen molar-refractivity contribution in [1.82, 2.24) is 14.0 Å². The smallest absolute Gasteiger partial charge is 0.0948 e. The Morgan fingerprint density at radius 1 is 0.905 bits per heavy atom. The Morgan fingerprint density at radius 3 is 2.67 bits per heavy atom. The molecule has 0 aliphatic carbocycles. The predicted octanol–water partition coefficient (Wildman–Crippen LogP) is 4.13. The number of rotatable bonds is 0. The van der Waals surface area contributed by atoms with E-state index in [0.29, 0.717) is 0 Å². The second-order valence-electron chi connectivity index (χ2n) is 5.58. The third-order valence-corrected chi connectivity index (χ3v) is 4.24. The number of pyridine rings is 2. The number of fused-ring (bicyclic) bond motifs is 7. The zero-order valence-electron chi connectivity index (χ0n) is 11.6. The maximum absolute atomic E-state index is 4.59. The summed E-state index contributed by atoms with van der Waals surface area (Å²) in [5.74, 6) is 0. The molecule has 0 fully saturated rings. The first-order chi connectivity index (χ1) is 10.3. The molecule has 4 aromatic heterocycles. The maximum Gasteiger partial charge on any atom is 0.0948 e. The van der Waals surface area contributed by atoms with Crippen LogP contribution in [0.3, 0.4) is 0 Å². The highest BCUT2D eigenvalue weighted by molar-refractivity contribution is 6.14. The lowest BCUT2D eigenvalue weighted by Crippen LogP contribution is -1.90. The van der Waals surface area contributed by atoms with E-state index in [0.717, 1.165) is 11.0 Å². The second kappa shape index (κ2) is 3.64. The van der Waals surface area contributed by atoms with Crippen molar-refractivity contribution in [2.45, 2.75) is 0 Å². The summed E-state index contributed by atoms with van der Waals surface area (Å²) < 4.78 is 4.34. The minimum absolute atomic E-state index is 1.06. The van der Waals surface area contributed by atoms with Gasteiger partial charge in [-0.25, -0.2) is 0 Å². The Kier molecular flexibility index (Phi) is 1.89. The number of benzene rings is 1. The molecule has 0 aliphatic rings. The Hall–Kier alpha value is -2.81. The highest BCUT2D eigenvalue weighted by Crippen LogP contribution is 2.31. The van der Waals surface area contributed by atoms with Crippen molar-refractivity contribution in [1.29, 1.82) is 0 Å². The van der Waals surface area contributed by atoms with Crippen LogP contribution in [0.5, 0.6) is 0 Å². The minimum atomic E-state index is 1.06. The number of aromatic nitrogens is 3. The van der Waals surface area contributed by atoms with Crippen LogP contribution in [0.15, 0.2) is 61.2 Å². The molecule has 4 heterocycles. The average Bonchev–Trinajstić information content (AvgIpc) is 3.10. The van der Waals surface area contributed by atoms with Gasteiger partial charge in [0.15, 0.2) is 0 Å². The van der Waals surface area contributed by atoms with E-state index in [2.05, 4.69) is 69.9 Å². The molecule has 0 saturated carbocycles. The van der Waals surface area contributed by atoms with E-state index in [1.165, 1.54) is 27.1 Å². The van der Waals surface area contributed by atoms with Crippen LogP contribution in [0.2, 0.25) is 0 Å². The van der Waals surface area contributed by atoms with E-state index in [4.69, 9.17) is 0 Å². The lowest BCUT2D eigenvalue weighted by atomic mass is 10.1. The van der Waals surface area contributed by atoms with Gasteiger partial charge in [-0.15, -0.1) is 0 Å². The quantitative estimate of drug-likeness (QED) is 0.388. The molecule has 0 N–H and O–H groups in total. The van der Waals surface area contributed by atoms with E-state index in [1.54, 1.807) is 0 Å². The fraction of sp³-hybridized carbons (Fsp3) is 0.0556. The Bertz CT molecular complexity index is 1140. The summed E-state index contributed by atoms with van der Waals surface area (Å²) >= 11 is 0. The van der Waals surface area contributed by atoms with E-state index in [1.807, 2.05) is 12.3 Å². The average molecular weight is 271 g/mol. The van der Waals surface area contributed by atoms with Crippen LogP contribution in [0.4, 0.5) is 0 Å². The summed E-state index contributed by atoms with van der Waals surface area (Å²) in [6.45, 7) is 0. The van der Waals surface area contributed by atoms with Crippen molar-refractivity contribution in [3.8, 4) is 0 Å². The topological polar surface area (TPSA) is 22.2 Å². The lowest BCUT2D eigenvalue weighted by Gasteiger charge is -2.08. The van der Waals surface area contributed by atoms with Gasteiger partial charge in [0.2, 0.25) is 0 Å².